The molecule has 0 fully saturated rings. The summed E-state index contributed by atoms with van der Waals surface area (Å²) in [6.07, 6.45) is -3.17. The lowest BCUT2D eigenvalue weighted by Gasteiger charge is -2.10. The van der Waals surface area contributed by atoms with Crippen LogP contribution in [0.5, 0.6) is 0 Å². The van der Waals surface area contributed by atoms with Crippen LogP contribution in [0, 0.1) is 0 Å². The van der Waals surface area contributed by atoms with Gasteiger partial charge in [-0.1, -0.05) is 60.7 Å². The van der Waals surface area contributed by atoms with Crippen molar-refractivity contribution in [3.05, 3.63) is 90.3 Å². The molecule has 0 aliphatic carbocycles. The number of fused-ring (bicyclic) bond motifs is 2. The fourth-order valence-corrected chi connectivity index (χ4v) is 4.30. The normalized spacial score (nSPS) is 12.1. The number of imidazole rings is 1. The fourth-order valence-electron chi connectivity index (χ4n) is 4.30. The van der Waals surface area contributed by atoms with Gasteiger partial charge >= 0.3 is 6.18 Å². The molecule has 0 bridgehead atoms. The van der Waals surface area contributed by atoms with Crippen molar-refractivity contribution in [1.82, 2.24) is 19.5 Å². The first-order valence-electron chi connectivity index (χ1n) is 10.8. The minimum absolute atomic E-state index is 0.166. The molecule has 2 heterocycles. The number of para-hydroxylation sites is 3. The molecule has 1 amide bonds. The third-order valence-corrected chi connectivity index (χ3v) is 5.79. The number of rotatable bonds is 5. The van der Waals surface area contributed by atoms with Crippen LogP contribution in [0.4, 0.5) is 13.2 Å². The molecule has 3 aromatic carbocycles. The number of nitrogens with one attached hydrogen (secondary N) is 1. The number of aromatic nitrogens is 3. The quantitative estimate of drug-likeness (QED) is 0.275. The van der Waals surface area contributed by atoms with E-state index in [1.54, 1.807) is 12.1 Å². The molecule has 0 atom stereocenters. The van der Waals surface area contributed by atoms with Gasteiger partial charge in [0.25, 0.3) is 5.91 Å². The molecule has 0 saturated heterocycles. The third kappa shape index (κ3) is 4.16. The van der Waals surface area contributed by atoms with E-state index in [0.29, 0.717) is 0 Å². The molecule has 0 spiro atoms. The largest absolute Gasteiger partial charge is 0.449 e. The minimum atomic E-state index is -4.70. The number of nitrogens with zero attached hydrogens (tertiary/aromatic N) is 4. The highest BCUT2D eigenvalue weighted by atomic mass is 19.4. The highest BCUT2D eigenvalue weighted by Gasteiger charge is 2.38. The molecule has 9 heteroatoms. The number of alkyl halides is 3. The van der Waals surface area contributed by atoms with E-state index in [4.69, 9.17) is 0 Å². The minimum Gasteiger partial charge on any atom is -0.343 e. The summed E-state index contributed by atoms with van der Waals surface area (Å²) < 4.78 is 43.5. The van der Waals surface area contributed by atoms with E-state index in [-0.39, 0.29) is 11.0 Å². The molecular formula is C26H20F3N5O. The van der Waals surface area contributed by atoms with Crippen molar-refractivity contribution >= 4 is 34.1 Å². The van der Waals surface area contributed by atoms with Gasteiger partial charge in [0, 0.05) is 23.5 Å². The van der Waals surface area contributed by atoms with Gasteiger partial charge in [0.05, 0.1) is 22.9 Å². The standard InChI is InChI=1S/C26H20F3N5O/c1-33-21-13-7-5-11-18(21)19(24(33)17-9-3-2-4-10-17)15-30-32-23(35)16-34-22-14-8-6-12-20(22)31-25(34)26(27,28)29/h2-15H,16H2,1H3,(H,32,35). The Hall–Kier alpha value is -4.40. The SMILES string of the molecule is Cn1c(-c2ccccc2)c(C=NNC(=O)Cn2c(C(F)(F)F)nc3ccccc32)c2ccccc21. The van der Waals surface area contributed by atoms with Crippen molar-refractivity contribution in [1.29, 1.82) is 0 Å². The number of benzene rings is 3. The Morgan fingerprint density at radius 2 is 1.63 bits per heavy atom. The van der Waals surface area contributed by atoms with Gasteiger partial charge in [0.15, 0.2) is 0 Å². The van der Waals surface area contributed by atoms with Crippen molar-refractivity contribution in [2.75, 3.05) is 0 Å². The van der Waals surface area contributed by atoms with Gasteiger partial charge in [-0.2, -0.15) is 18.3 Å². The van der Waals surface area contributed by atoms with Crippen LogP contribution in [0.1, 0.15) is 11.4 Å². The number of halogens is 3. The van der Waals surface area contributed by atoms with E-state index >= 15 is 0 Å². The molecular weight excluding hydrogens is 455 g/mol. The Balaban J connectivity index is 1.45. The Morgan fingerprint density at radius 1 is 0.971 bits per heavy atom. The van der Waals surface area contributed by atoms with E-state index in [9.17, 15) is 18.0 Å². The van der Waals surface area contributed by atoms with Crippen molar-refractivity contribution < 1.29 is 18.0 Å². The highest BCUT2D eigenvalue weighted by Crippen LogP contribution is 2.32. The monoisotopic (exact) mass is 475 g/mol. The summed E-state index contributed by atoms with van der Waals surface area (Å²) in [7, 11) is 1.95. The van der Waals surface area contributed by atoms with Crippen molar-refractivity contribution in [2.45, 2.75) is 12.7 Å². The van der Waals surface area contributed by atoms with Crippen LogP contribution in [0.25, 0.3) is 33.2 Å². The Morgan fingerprint density at radius 3 is 2.37 bits per heavy atom. The maximum atomic E-state index is 13.5. The number of carbonyl (C=O) groups excluding carboxylic acids is 1. The average molecular weight is 475 g/mol. The third-order valence-electron chi connectivity index (χ3n) is 5.79. The molecule has 0 radical (unpaired) electrons. The van der Waals surface area contributed by atoms with Gasteiger partial charge in [0.1, 0.15) is 6.54 Å². The first-order chi connectivity index (χ1) is 16.8. The first-order valence-corrected chi connectivity index (χ1v) is 10.8. The lowest BCUT2D eigenvalue weighted by Crippen LogP contribution is -2.26. The molecule has 0 saturated carbocycles. The molecule has 5 aromatic rings. The number of carbonyl (C=O) groups is 1. The smallest absolute Gasteiger partial charge is 0.343 e. The summed E-state index contributed by atoms with van der Waals surface area (Å²) in [4.78, 5) is 16.3. The Kier molecular flexibility index (Phi) is 5.60. The van der Waals surface area contributed by atoms with Gasteiger partial charge in [-0.05, 0) is 23.8 Å². The molecule has 6 nitrogen and oxygen atoms in total. The summed E-state index contributed by atoms with van der Waals surface area (Å²) in [6, 6.07) is 23.7. The van der Waals surface area contributed by atoms with Crippen LogP contribution < -0.4 is 5.43 Å². The molecule has 0 aliphatic rings. The number of aryl methyl sites for hydroxylation is 1. The highest BCUT2D eigenvalue weighted by molar-refractivity contribution is 6.06. The Labute approximate surface area is 198 Å². The van der Waals surface area contributed by atoms with Gasteiger partial charge in [-0.3, -0.25) is 4.79 Å². The Bertz CT molecular complexity index is 1570. The molecule has 2 aromatic heterocycles. The number of hydrogen-bond acceptors (Lipinski definition) is 3. The van der Waals surface area contributed by atoms with E-state index in [1.165, 1.54) is 18.3 Å². The lowest BCUT2D eigenvalue weighted by molar-refractivity contribution is -0.147. The zero-order chi connectivity index (χ0) is 24.6. The van der Waals surface area contributed by atoms with E-state index in [1.807, 2.05) is 66.2 Å². The van der Waals surface area contributed by atoms with Crippen LogP contribution in [0.15, 0.2) is 84.0 Å². The summed E-state index contributed by atoms with van der Waals surface area (Å²) in [5.74, 6) is -1.82. The molecule has 0 aliphatic heterocycles. The van der Waals surface area contributed by atoms with Crippen LogP contribution in [0.3, 0.4) is 0 Å². The zero-order valence-electron chi connectivity index (χ0n) is 18.6. The van der Waals surface area contributed by atoms with Gasteiger partial charge in [-0.25, -0.2) is 10.4 Å². The van der Waals surface area contributed by atoms with Crippen LogP contribution in [-0.4, -0.2) is 26.2 Å². The summed E-state index contributed by atoms with van der Waals surface area (Å²) in [5, 5.41) is 5.03. The molecule has 1 N–H and O–H groups in total. The zero-order valence-corrected chi connectivity index (χ0v) is 18.6. The second-order valence-corrected chi connectivity index (χ2v) is 8.01. The predicted molar refractivity (Wildman–Crippen MR) is 129 cm³/mol. The maximum absolute atomic E-state index is 13.5. The van der Waals surface area contributed by atoms with Gasteiger partial charge in [0.2, 0.25) is 5.82 Å². The lowest BCUT2D eigenvalue weighted by atomic mass is 10.1. The molecule has 5 rings (SSSR count). The average Bonchev–Trinajstić information content (AvgIpc) is 3.36. The van der Waals surface area contributed by atoms with E-state index in [0.717, 1.165) is 32.3 Å². The molecule has 0 unspecified atom stereocenters. The van der Waals surface area contributed by atoms with Crippen LogP contribution in [-0.2, 0) is 24.6 Å². The number of amides is 1. The predicted octanol–water partition coefficient (Wildman–Crippen LogP) is 5.36. The maximum Gasteiger partial charge on any atom is 0.449 e. The van der Waals surface area contributed by atoms with Gasteiger partial charge < -0.3 is 9.13 Å². The molecule has 176 valence electrons. The van der Waals surface area contributed by atoms with Gasteiger partial charge in [-0.15, -0.1) is 0 Å². The van der Waals surface area contributed by atoms with Crippen molar-refractivity contribution in [3.63, 3.8) is 0 Å². The summed E-state index contributed by atoms with van der Waals surface area (Å²) in [6.45, 7) is -0.576. The van der Waals surface area contributed by atoms with Crippen molar-refractivity contribution in [3.8, 4) is 11.3 Å². The summed E-state index contributed by atoms with van der Waals surface area (Å²) in [5.41, 5.74) is 6.41. The summed E-state index contributed by atoms with van der Waals surface area (Å²) >= 11 is 0. The fraction of sp³-hybridized carbons (Fsp3) is 0.115. The van der Waals surface area contributed by atoms with E-state index < -0.39 is 24.5 Å². The van der Waals surface area contributed by atoms with Crippen LogP contribution in [0.2, 0.25) is 0 Å². The molecule has 35 heavy (non-hydrogen) atoms. The van der Waals surface area contributed by atoms with Crippen molar-refractivity contribution in [2.24, 2.45) is 12.1 Å². The first kappa shape index (κ1) is 22.4. The van der Waals surface area contributed by atoms with Crippen LogP contribution >= 0.6 is 0 Å². The van der Waals surface area contributed by atoms with E-state index in [2.05, 4.69) is 15.5 Å². The number of hydrazone groups is 1. The second-order valence-electron chi connectivity index (χ2n) is 8.01. The number of hydrogen-bond donors (Lipinski definition) is 1. The second kappa shape index (κ2) is 8.75. The topological polar surface area (TPSA) is 64.2 Å².